The van der Waals surface area contributed by atoms with E-state index in [0.29, 0.717) is 5.69 Å². The minimum Gasteiger partial charge on any atom is -0.515 e. The number of carbonyl (C=O) groups excluding carboxylic acids is 2. The molecule has 0 spiro atoms. The van der Waals surface area contributed by atoms with Gasteiger partial charge in [0, 0.05) is 41.2 Å². The third-order valence-corrected chi connectivity index (χ3v) is 5.14. The molecule has 156 valence electrons. The van der Waals surface area contributed by atoms with Crippen molar-refractivity contribution in [3.05, 3.63) is 82.8 Å². The molecule has 0 aliphatic rings. The van der Waals surface area contributed by atoms with Gasteiger partial charge in [0.1, 0.15) is 6.10 Å². The zero-order valence-corrected chi connectivity index (χ0v) is 17.3. The fraction of sp³-hybridized carbons (Fsp3) is 0.250. The van der Waals surface area contributed by atoms with E-state index in [2.05, 4.69) is 10.3 Å². The van der Waals surface area contributed by atoms with Crippen LogP contribution >= 0.6 is 0 Å². The molecule has 0 bridgehead atoms. The van der Waals surface area contributed by atoms with Crippen molar-refractivity contribution in [3.8, 4) is 0 Å². The van der Waals surface area contributed by atoms with Gasteiger partial charge in [0.05, 0.1) is 12.2 Å². The van der Waals surface area contributed by atoms with E-state index in [1.54, 1.807) is 0 Å². The van der Waals surface area contributed by atoms with E-state index in [0.717, 1.165) is 33.9 Å². The minimum absolute atomic E-state index is 0.0727. The summed E-state index contributed by atoms with van der Waals surface area (Å²) < 4.78 is 0. The number of aryl methyl sites for hydroxylation is 1. The number of rotatable bonds is 7. The van der Waals surface area contributed by atoms with Gasteiger partial charge in [-0.3, -0.25) is 9.59 Å². The molecular formula is C24H26N2O4. The molecule has 6 nitrogen and oxygen atoms in total. The predicted molar refractivity (Wildman–Crippen MR) is 116 cm³/mol. The van der Waals surface area contributed by atoms with Crippen molar-refractivity contribution in [2.75, 3.05) is 0 Å². The van der Waals surface area contributed by atoms with E-state index in [1.807, 2.05) is 55.5 Å². The monoisotopic (exact) mass is 406 g/mol. The number of aromatic nitrogens is 1. The molecule has 6 heteroatoms. The van der Waals surface area contributed by atoms with Gasteiger partial charge < -0.3 is 20.5 Å². The van der Waals surface area contributed by atoms with Crippen LogP contribution in [0.5, 0.6) is 0 Å². The third-order valence-electron chi connectivity index (χ3n) is 5.14. The number of amides is 1. The van der Waals surface area contributed by atoms with Gasteiger partial charge in [-0.2, -0.15) is 0 Å². The number of hydrogen-bond acceptors (Lipinski definition) is 4. The summed E-state index contributed by atoms with van der Waals surface area (Å²) in [4.78, 5) is 27.8. The van der Waals surface area contributed by atoms with E-state index in [-0.39, 0.29) is 18.0 Å². The first-order valence-corrected chi connectivity index (χ1v) is 9.80. The summed E-state index contributed by atoms with van der Waals surface area (Å²) in [6.07, 6.45) is -0.494. The van der Waals surface area contributed by atoms with Gasteiger partial charge in [-0.15, -0.1) is 0 Å². The highest BCUT2D eigenvalue weighted by molar-refractivity contribution is 6.00. The molecule has 2 atom stereocenters. The Labute approximate surface area is 175 Å². The molecule has 0 radical (unpaired) electrons. The summed E-state index contributed by atoms with van der Waals surface area (Å²) >= 11 is 0. The minimum atomic E-state index is -1.26. The van der Waals surface area contributed by atoms with Gasteiger partial charge in [-0.1, -0.05) is 42.5 Å². The number of aromatic amines is 1. The van der Waals surface area contributed by atoms with Crippen LogP contribution < -0.4 is 5.32 Å². The van der Waals surface area contributed by atoms with Crippen LogP contribution in [0.1, 0.15) is 42.1 Å². The summed E-state index contributed by atoms with van der Waals surface area (Å²) in [6.45, 7) is 5.07. The van der Waals surface area contributed by atoms with Gasteiger partial charge in [0.2, 0.25) is 5.91 Å². The number of benzene rings is 2. The Hall–Kier alpha value is -3.38. The number of Topliss-reactive ketones (excluding diaryl/α,β-unsaturated/α-hetero) is 1. The van der Waals surface area contributed by atoms with Crippen LogP contribution in [-0.4, -0.2) is 33.0 Å². The van der Waals surface area contributed by atoms with E-state index in [4.69, 9.17) is 0 Å². The van der Waals surface area contributed by atoms with Crippen molar-refractivity contribution in [1.29, 1.82) is 0 Å². The van der Waals surface area contributed by atoms with E-state index in [9.17, 15) is 19.8 Å². The zero-order valence-electron chi connectivity index (χ0n) is 17.3. The molecule has 1 amide bonds. The second-order valence-corrected chi connectivity index (χ2v) is 7.44. The molecule has 0 fully saturated rings. The lowest BCUT2D eigenvalue weighted by molar-refractivity contribution is -0.123. The lowest BCUT2D eigenvalue weighted by Gasteiger charge is -2.21. The van der Waals surface area contributed by atoms with Gasteiger partial charge in [-0.05, 0) is 31.0 Å². The van der Waals surface area contributed by atoms with Crippen molar-refractivity contribution in [1.82, 2.24) is 10.3 Å². The average Bonchev–Trinajstić information content (AvgIpc) is 3.07. The normalized spacial score (nSPS) is 13.8. The second kappa shape index (κ2) is 8.97. The van der Waals surface area contributed by atoms with E-state index >= 15 is 0 Å². The standard InChI is InChI=1S/C24H26N2O4/c1-14-9-10-18-19(12-25-16(3)29)23(26-21(18)11-14)22(17-7-5-4-6-8-17)20(13-27)24(30)15(2)28/h4-11,13,15,22,26-28H,12H2,1-3H3,(H,25,29)/t15-,22?/m0/s1. The number of nitrogens with one attached hydrogen (secondary N) is 2. The quantitative estimate of drug-likeness (QED) is 0.355. The smallest absolute Gasteiger partial charge is 0.217 e. The Morgan fingerprint density at radius 2 is 1.87 bits per heavy atom. The first kappa shape index (κ1) is 21.3. The van der Waals surface area contributed by atoms with Crippen LogP contribution in [0.2, 0.25) is 0 Å². The molecule has 30 heavy (non-hydrogen) atoms. The van der Waals surface area contributed by atoms with Crippen LogP contribution in [0.4, 0.5) is 0 Å². The molecular weight excluding hydrogens is 380 g/mol. The van der Waals surface area contributed by atoms with Crippen LogP contribution in [0, 0.1) is 6.92 Å². The number of carbonyl (C=O) groups is 2. The summed E-state index contributed by atoms with van der Waals surface area (Å²) in [7, 11) is 0. The third kappa shape index (κ3) is 4.28. The second-order valence-electron chi connectivity index (χ2n) is 7.44. The number of H-pyrrole nitrogens is 1. The maximum Gasteiger partial charge on any atom is 0.217 e. The molecule has 4 N–H and O–H groups in total. The Bertz CT molecular complexity index is 1100. The first-order valence-electron chi connectivity index (χ1n) is 9.80. The molecule has 3 aromatic rings. The predicted octanol–water partition coefficient (Wildman–Crippen LogP) is 3.64. The number of hydrogen-bond donors (Lipinski definition) is 4. The highest BCUT2D eigenvalue weighted by atomic mass is 16.3. The molecule has 2 aromatic carbocycles. The largest absolute Gasteiger partial charge is 0.515 e. The SMILES string of the molecule is CC(=O)NCc1c(C(C(=CO)C(=O)[C@H](C)O)c2ccccc2)[nH]c2cc(C)ccc12. The van der Waals surface area contributed by atoms with Gasteiger partial charge in [0.15, 0.2) is 5.78 Å². The Morgan fingerprint density at radius 3 is 2.47 bits per heavy atom. The molecule has 0 aliphatic heterocycles. The van der Waals surface area contributed by atoms with Crippen molar-refractivity contribution >= 4 is 22.6 Å². The van der Waals surface area contributed by atoms with Crippen LogP contribution in [0.3, 0.4) is 0 Å². The number of fused-ring (bicyclic) bond motifs is 1. The molecule has 1 heterocycles. The molecule has 1 unspecified atom stereocenters. The molecule has 0 aliphatic carbocycles. The highest BCUT2D eigenvalue weighted by Crippen LogP contribution is 2.37. The van der Waals surface area contributed by atoms with Gasteiger partial charge in [0.25, 0.3) is 0 Å². The Balaban J connectivity index is 2.28. The molecule has 3 rings (SSSR count). The summed E-state index contributed by atoms with van der Waals surface area (Å²) in [5, 5.41) is 23.7. The lowest BCUT2D eigenvalue weighted by atomic mass is 9.83. The summed E-state index contributed by atoms with van der Waals surface area (Å²) in [5.41, 5.74) is 4.29. The van der Waals surface area contributed by atoms with Gasteiger partial charge in [-0.25, -0.2) is 0 Å². The molecule has 1 aromatic heterocycles. The van der Waals surface area contributed by atoms with Crippen LogP contribution in [-0.2, 0) is 16.1 Å². The first-order chi connectivity index (χ1) is 14.3. The maximum atomic E-state index is 12.7. The summed E-state index contributed by atoms with van der Waals surface area (Å²) in [6, 6.07) is 15.3. The lowest BCUT2D eigenvalue weighted by Crippen LogP contribution is -2.25. The van der Waals surface area contributed by atoms with Gasteiger partial charge >= 0.3 is 0 Å². The molecule has 0 saturated carbocycles. The van der Waals surface area contributed by atoms with Crippen LogP contribution in [0.25, 0.3) is 10.9 Å². The van der Waals surface area contributed by atoms with Crippen molar-refractivity contribution in [2.45, 2.75) is 39.3 Å². The zero-order chi connectivity index (χ0) is 21.8. The average molecular weight is 406 g/mol. The Kier molecular flexibility index (Phi) is 6.37. The fourth-order valence-corrected chi connectivity index (χ4v) is 3.71. The number of ketones is 1. The summed E-state index contributed by atoms with van der Waals surface area (Å²) in [5.74, 6) is -1.38. The fourth-order valence-electron chi connectivity index (χ4n) is 3.71. The van der Waals surface area contributed by atoms with Crippen LogP contribution in [0.15, 0.2) is 60.4 Å². The maximum absolute atomic E-state index is 12.7. The van der Waals surface area contributed by atoms with Crippen molar-refractivity contribution < 1.29 is 19.8 Å². The van der Waals surface area contributed by atoms with Crippen molar-refractivity contribution in [2.24, 2.45) is 0 Å². The number of aliphatic hydroxyl groups excluding tert-OH is 2. The topological polar surface area (TPSA) is 102 Å². The number of aliphatic hydroxyl groups is 2. The van der Waals surface area contributed by atoms with E-state index in [1.165, 1.54) is 13.8 Å². The molecule has 0 saturated heterocycles. The van der Waals surface area contributed by atoms with Crippen molar-refractivity contribution in [3.63, 3.8) is 0 Å². The van der Waals surface area contributed by atoms with E-state index < -0.39 is 17.8 Å². The highest BCUT2D eigenvalue weighted by Gasteiger charge is 2.31. The Morgan fingerprint density at radius 1 is 1.17 bits per heavy atom.